The highest BCUT2D eigenvalue weighted by atomic mass is 16.6. The van der Waals surface area contributed by atoms with E-state index in [0.717, 1.165) is 0 Å². The predicted octanol–water partition coefficient (Wildman–Crippen LogP) is 4.05. The van der Waals surface area contributed by atoms with E-state index >= 15 is 0 Å². The van der Waals surface area contributed by atoms with Gasteiger partial charge in [-0.3, -0.25) is 19.9 Å². The summed E-state index contributed by atoms with van der Waals surface area (Å²) < 4.78 is 0. The van der Waals surface area contributed by atoms with E-state index in [2.05, 4.69) is 10.3 Å². The molecule has 0 aliphatic heterocycles. The number of hydrogen-bond donors (Lipinski definition) is 2. The number of hydrogen-bond acceptors (Lipinski definition) is 5. The van der Waals surface area contributed by atoms with E-state index in [1.54, 1.807) is 31.2 Å². The van der Waals surface area contributed by atoms with Crippen molar-refractivity contribution in [2.45, 2.75) is 14.4 Å². The maximum absolute atomic E-state index is 12.4. The van der Waals surface area contributed by atoms with E-state index in [1.807, 2.05) is 0 Å². The van der Waals surface area contributed by atoms with Gasteiger partial charge in [-0.1, -0.05) is 25.6 Å². The number of nitrogens with zero attached hydrogens (tertiary/aromatic N) is 2. The van der Waals surface area contributed by atoms with Crippen LogP contribution >= 0.6 is 0 Å². The number of carbonyl (C=O) groups is 1. The molecule has 7 heteroatoms. The van der Waals surface area contributed by atoms with Crippen LogP contribution in [-0.4, -0.2) is 20.9 Å². The molecule has 3 aromatic rings. The summed E-state index contributed by atoms with van der Waals surface area (Å²) in [5.41, 5.74) is 0.939. The fraction of sp³-hybridized carbons (Fsp3) is 0.111. The lowest BCUT2D eigenvalue weighted by Crippen LogP contribution is -2.13. The predicted molar refractivity (Wildman–Crippen MR) is 95.9 cm³/mol. The first-order valence-corrected chi connectivity index (χ1v) is 7.11. The lowest BCUT2D eigenvalue weighted by atomic mass is 10.1. The Labute approximate surface area is 144 Å². The van der Waals surface area contributed by atoms with E-state index in [4.69, 9.17) is 0 Å². The zero-order valence-electron chi connectivity index (χ0n) is 12.7. The average Bonchev–Trinajstić information content (AvgIpc) is 2.57. The molecule has 0 unspecified atom stereocenters. The lowest BCUT2D eigenvalue weighted by Gasteiger charge is -2.10. The number of nitro groups is 1. The van der Waals surface area contributed by atoms with Gasteiger partial charge < -0.3 is 10.4 Å². The highest BCUT2D eigenvalue weighted by molar-refractivity contribution is 6.09. The third kappa shape index (κ3) is 3.25. The summed E-state index contributed by atoms with van der Waals surface area (Å²) in [6.07, 6.45) is 1.52. The normalized spacial score (nSPS) is 10.1. The van der Waals surface area contributed by atoms with Gasteiger partial charge >= 0.3 is 0 Å². The fourth-order valence-corrected chi connectivity index (χ4v) is 2.46. The van der Waals surface area contributed by atoms with Crippen molar-refractivity contribution in [1.82, 2.24) is 4.98 Å². The smallest absolute Gasteiger partial charge is 0.274 e. The van der Waals surface area contributed by atoms with Gasteiger partial charge in [0.15, 0.2) is 5.75 Å². The van der Waals surface area contributed by atoms with Gasteiger partial charge in [-0.05, 0) is 25.1 Å². The van der Waals surface area contributed by atoms with Crippen LogP contribution in [0.2, 0.25) is 0 Å². The number of anilines is 1. The van der Waals surface area contributed by atoms with Crippen molar-refractivity contribution in [2.24, 2.45) is 0 Å². The summed E-state index contributed by atoms with van der Waals surface area (Å²) in [6, 6.07) is 11.1. The van der Waals surface area contributed by atoms with Gasteiger partial charge in [-0.2, -0.15) is 0 Å². The monoisotopic (exact) mass is 339 g/mol. The van der Waals surface area contributed by atoms with Crippen LogP contribution in [0.3, 0.4) is 0 Å². The fourth-order valence-electron chi connectivity index (χ4n) is 2.46. The van der Waals surface area contributed by atoms with E-state index in [9.17, 15) is 20.0 Å². The molecule has 1 heterocycles. The first-order chi connectivity index (χ1) is 11.5. The molecule has 1 aromatic heterocycles. The number of benzene rings is 2. The van der Waals surface area contributed by atoms with Crippen molar-refractivity contribution in [1.29, 1.82) is 0 Å². The van der Waals surface area contributed by atoms with Crippen molar-refractivity contribution >= 4 is 28.2 Å². The summed E-state index contributed by atoms with van der Waals surface area (Å²) >= 11 is 0. The maximum Gasteiger partial charge on any atom is 0.274 e. The number of phenols is 1. The Morgan fingerprint density at radius 1 is 1.20 bits per heavy atom. The molecule has 25 heavy (non-hydrogen) atoms. The molecule has 0 spiro atoms. The number of carbonyl (C=O) groups excluding carboxylic acids is 1. The van der Waals surface area contributed by atoms with Crippen LogP contribution in [0, 0.1) is 17.0 Å². The van der Waals surface area contributed by atoms with Crippen molar-refractivity contribution in [3.63, 3.8) is 0 Å². The van der Waals surface area contributed by atoms with E-state index in [0.29, 0.717) is 22.2 Å². The Morgan fingerprint density at radius 3 is 2.68 bits per heavy atom. The molecule has 3 rings (SSSR count). The second kappa shape index (κ2) is 6.96. The minimum absolute atomic E-state index is 0. The number of fused-ring (bicyclic) bond motifs is 1. The quantitative estimate of drug-likeness (QED) is 0.553. The van der Waals surface area contributed by atoms with Crippen LogP contribution in [0.25, 0.3) is 10.9 Å². The molecular formula is C18H17N3O4. The highest BCUT2D eigenvalue weighted by Gasteiger charge is 2.18. The molecule has 0 fully saturated rings. The molecule has 0 saturated carbocycles. The Morgan fingerprint density at radius 2 is 1.96 bits per heavy atom. The molecule has 7 nitrogen and oxygen atoms in total. The standard InChI is InChI=1S/C17H13N3O4.CH4/c1-10-13(5-2-6-14(10)20(23)24)19-17(22)12-8-7-11-4-3-9-18-15(11)16(12)21;/h2-9,21H,1H3,(H,19,22);1H4. The second-order valence-corrected chi connectivity index (χ2v) is 5.20. The van der Waals surface area contributed by atoms with E-state index in [-0.39, 0.29) is 24.4 Å². The number of nitrogens with one attached hydrogen (secondary N) is 1. The van der Waals surface area contributed by atoms with Gasteiger partial charge in [0.2, 0.25) is 0 Å². The molecule has 0 radical (unpaired) electrons. The van der Waals surface area contributed by atoms with Crippen LogP contribution < -0.4 is 5.32 Å². The van der Waals surface area contributed by atoms with Gasteiger partial charge in [-0.25, -0.2) is 0 Å². The molecule has 128 valence electrons. The topological polar surface area (TPSA) is 105 Å². The number of aromatic hydroxyl groups is 1. The molecule has 0 aliphatic rings. The van der Waals surface area contributed by atoms with Crippen LogP contribution in [0.4, 0.5) is 11.4 Å². The zero-order chi connectivity index (χ0) is 17.3. The molecule has 2 aromatic carbocycles. The minimum Gasteiger partial charge on any atom is -0.505 e. The second-order valence-electron chi connectivity index (χ2n) is 5.20. The van der Waals surface area contributed by atoms with Crippen LogP contribution in [0.15, 0.2) is 48.7 Å². The molecule has 1 amide bonds. The van der Waals surface area contributed by atoms with Gasteiger partial charge in [0, 0.05) is 17.6 Å². The van der Waals surface area contributed by atoms with Crippen LogP contribution in [0.5, 0.6) is 5.75 Å². The minimum atomic E-state index is -0.566. The third-order valence-electron chi connectivity index (χ3n) is 3.74. The van der Waals surface area contributed by atoms with Gasteiger partial charge in [0.05, 0.1) is 21.7 Å². The van der Waals surface area contributed by atoms with Gasteiger partial charge in [-0.15, -0.1) is 0 Å². The number of nitro benzene ring substituents is 1. The molecule has 0 aliphatic carbocycles. The average molecular weight is 339 g/mol. The van der Waals surface area contributed by atoms with Crippen molar-refractivity contribution < 1.29 is 14.8 Å². The van der Waals surface area contributed by atoms with E-state index < -0.39 is 10.8 Å². The summed E-state index contributed by atoms with van der Waals surface area (Å²) in [4.78, 5) is 27.0. The zero-order valence-corrected chi connectivity index (χ0v) is 12.7. The summed E-state index contributed by atoms with van der Waals surface area (Å²) in [5.74, 6) is -0.794. The Balaban J connectivity index is 0.00000225. The molecule has 0 saturated heterocycles. The molecular weight excluding hydrogens is 322 g/mol. The number of pyridine rings is 1. The number of amides is 1. The van der Waals surface area contributed by atoms with Gasteiger partial charge in [0.1, 0.15) is 5.52 Å². The first-order valence-electron chi connectivity index (χ1n) is 7.11. The summed E-state index contributed by atoms with van der Waals surface area (Å²) in [5, 5.41) is 24.6. The van der Waals surface area contributed by atoms with Crippen LogP contribution in [-0.2, 0) is 0 Å². The highest BCUT2D eigenvalue weighted by Crippen LogP contribution is 2.29. The van der Waals surface area contributed by atoms with Crippen LogP contribution in [0.1, 0.15) is 23.3 Å². The van der Waals surface area contributed by atoms with Gasteiger partial charge in [0.25, 0.3) is 11.6 Å². The Bertz CT molecular complexity index is 970. The van der Waals surface area contributed by atoms with Crippen molar-refractivity contribution in [3.05, 3.63) is 69.9 Å². The largest absolute Gasteiger partial charge is 0.505 e. The van der Waals surface area contributed by atoms with E-state index in [1.165, 1.54) is 24.4 Å². The number of phenolic OH excluding ortho intramolecular Hbond substituents is 1. The van der Waals surface area contributed by atoms with Crippen molar-refractivity contribution in [2.75, 3.05) is 5.32 Å². The Kier molecular flexibility index (Phi) is 4.97. The summed E-state index contributed by atoms with van der Waals surface area (Å²) in [7, 11) is 0. The first kappa shape index (κ1) is 17.9. The maximum atomic E-state index is 12.4. The summed E-state index contributed by atoms with van der Waals surface area (Å²) in [6.45, 7) is 1.55. The SMILES string of the molecule is C.Cc1c(NC(=O)c2ccc3cccnc3c2O)cccc1[N+](=O)[O-]. The molecule has 0 atom stereocenters. The lowest BCUT2D eigenvalue weighted by molar-refractivity contribution is -0.385. The molecule has 2 N–H and O–H groups in total. The number of rotatable bonds is 3. The number of aromatic nitrogens is 1. The Hall–Kier alpha value is -3.48. The van der Waals surface area contributed by atoms with Crippen molar-refractivity contribution in [3.8, 4) is 5.75 Å². The third-order valence-corrected chi connectivity index (χ3v) is 3.74. The molecule has 0 bridgehead atoms.